The van der Waals surface area contributed by atoms with Gasteiger partial charge >= 0.3 is 11.9 Å². The van der Waals surface area contributed by atoms with Crippen LogP contribution in [0.25, 0.3) is 0 Å². The van der Waals surface area contributed by atoms with Gasteiger partial charge in [0.2, 0.25) is 5.95 Å². The van der Waals surface area contributed by atoms with Crippen LogP contribution in [0.5, 0.6) is 0 Å². The Hall–Kier alpha value is -4.88. The van der Waals surface area contributed by atoms with E-state index in [1.54, 1.807) is 24.3 Å². The van der Waals surface area contributed by atoms with Crippen molar-refractivity contribution in [1.82, 2.24) is 15.3 Å². The van der Waals surface area contributed by atoms with Crippen LogP contribution in [0.15, 0.2) is 40.7 Å². The minimum absolute atomic E-state index is 0.0338. The van der Waals surface area contributed by atoms with E-state index in [2.05, 4.69) is 45.1 Å². The number of nitrogens with zero attached hydrogens (tertiary/aromatic N) is 1. The highest BCUT2D eigenvalue weighted by Crippen LogP contribution is 2.65. The molecule has 52 heavy (non-hydrogen) atoms. The minimum Gasteiger partial charge on any atom is -0.480 e. The number of allylic oxidation sites excluding steroid dienone is 1. The van der Waals surface area contributed by atoms with Crippen molar-refractivity contribution >= 4 is 46.8 Å². The van der Waals surface area contributed by atoms with Gasteiger partial charge in [-0.05, 0) is 105 Å². The average molecular weight is 716 g/mol. The summed E-state index contributed by atoms with van der Waals surface area (Å²) in [4.78, 5) is 69.2. The molecule has 14 heteroatoms. The molecule has 0 saturated heterocycles. The lowest BCUT2D eigenvalue weighted by atomic mass is 9.47. The zero-order chi connectivity index (χ0) is 36.8. The Morgan fingerprint density at radius 2 is 1.85 bits per heavy atom. The summed E-state index contributed by atoms with van der Waals surface area (Å²) < 4.78 is 6.10. The van der Waals surface area contributed by atoms with Gasteiger partial charge in [-0.15, -0.1) is 0 Å². The quantitative estimate of drug-likeness (QED) is 0.173. The third-order valence-electron chi connectivity index (χ3n) is 12.9. The molecule has 1 aromatic heterocycles. The van der Waals surface area contributed by atoms with Gasteiger partial charge < -0.3 is 36.8 Å². The van der Waals surface area contributed by atoms with Crippen molar-refractivity contribution in [3.8, 4) is 0 Å². The molecule has 3 saturated carbocycles. The fourth-order valence-corrected chi connectivity index (χ4v) is 10.0. The number of aliphatic carboxylic acids is 1. The fourth-order valence-electron chi connectivity index (χ4n) is 10.0. The van der Waals surface area contributed by atoms with Gasteiger partial charge in [-0.2, -0.15) is 4.98 Å². The Labute approximate surface area is 302 Å². The summed E-state index contributed by atoms with van der Waals surface area (Å²) in [5, 5.41) is 21.9. The number of ketones is 1. The van der Waals surface area contributed by atoms with E-state index in [-0.39, 0.29) is 58.7 Å². The number of nitrogen functional groups attached to an aromatic ring is 1. The number of hydrogen-bond acceptors (Lipinski definition) is 11. The molecule has 7 rings (SSSR count). The molecule has 1 aromatic carbocycles. The van der Waals surface area contributed by atoms with Crippen LogP contribution in [0.2, 0.25) is 0 Å². The van der Waals surface area contributed by atoms with E-state index in [1.165, 1.54) is 5.57 Å². The number of hydrogen-bond donors (Lipinski definition) is 7. The summed E-state index contributed by atoms with van der Waals surface area (Å²) in [5.41, 5.74) is 7.86. The van der Waals surface area contributed by atoms with Crippen molar-refractivity contribution in [2.24, 2.45) is 28.6 Å². The maximum atomic E-state index is 13.1. The number of anilines is 4. The molecule has 2 aromatic rings. The lowest BCUT2D eigenvalue weighted by molar-refractivity contribution is -0.160. The Balaban J connectivity index is 0.886. The molecule has 14 nitrogen and oxygen atoms in total. The van der Waals surface area contributed by atoms with Gasteiger partial charge in [-0.3, -0.25) is 24.2 Å². The highest BCUT2D eigenvalue weighted by atomic mass is 16.5. The van der Waals surface area contributed by atoms with E-state index in [0.717, 1.165) is 50.6 Å². The van der Waals surface area contributed by atoms with Crippen LogP contribution >= 0.6 is 0 Å². The number of carbonyl (C=O) groups excluding carboxylic acids is 3. The first-order valence-corrected chi connectivity index (χ1v) is 18.5. The molecule has 8 N–H and O–H groups in total. The van der Waals surface area contributed by atoms with Gasteiger partial charge in [0, 0.05) is 42.6 Å². The number of rotatable bonds is 10. The number of carboxylic acid groups (broad SMARTS) is 1. The first kappa shape index (κ1) is 35.5. The molecule has 1 amide bonds. The smallest absolute Gasteiger partial charge is 0.326 e. The van der Waals surface area contributed by atoms with Crippen molar-refractivity contribution in [2.75, 3.05) is 34.8 Å². The van der Waals surface area contributed by atoms with Crippen molar-refractivity contribution in [3.05, 3.63) is 51.8 Å². The van der Waals surface area contributed by atoms with Gasteiger partial charge in [0.05, 0.1) is 6.04 Å². The van der Waals surface area contributed by atoms with Crippen LogP contribution in [0.4, 0.5) is 23.1 Å². The van der Waals surface area contributed by atoms with E-state index in [1.807, 2.05) is 6.08 Å². The number of esters is 1. The number of aromatic amines is 1. The summed E-state index contributed by atoms with van der Waals surface area (Å²) in [5.74, 6) is 0.0147. The SMILES string of the molecule is C[C@]12CC[C@H]3[C@@H](CCC4=CC(=O)CC[C@@]43C)[C@@H]1CC[C@@H]2OC(=O)CCC(NC(=O)c1ccc(NCC2CNc3nc(N)[nH]c(=O)c3N2)cc1)C(=O)O. The number of H-pyrrole nitrogens is 1. The molecule has 0 bridgehead atoms. The lowest BCUT2D eigenvalue weighted by Crippen LogP contribution is -2.51. The van der Waals surface area contributed by atoms with E-state index < -0.39 is 23.9 Å². The maximum Gasteiger partial charge on any atom is 0.326 e. The molecule has 278 valence electrons. The summed E-state index contributed by atoms with van der Waals surface area (Å²) >= 11 is 0. The standard InChI is InChI=1S/C38H49N7O7/c1-37-15-13-24(46)17-21(37)5-8-25-26-9-11-29(38(26,2)16-14-27(25)37)52-30(47)12-10-28(35(50)51)43-33(48)20-3-6-22(7-4-20)40-18-23-19-41-32-31(42-23)34(49)45-36(39)44-32/h3-4,6-7,17,23,25-29,40,42H,5,8-16,18-19H2,1-2H3,(H,43,48)(H,50,51)(H4,39,41,44,45,49)/t23?,25-,26-,27-,28?,29-,37-,38-/m0/s1. The second-order valence-electron chi connectivity index (χ2n) is 15.8. The number of nitrogens with two attached hydrogens (primary N) is 1. The van der Waals surface area contributed by atoms with Gasteiger partial charge in [0.15, 0.2) is 11.6 Å². The summed E-state index contributed by atoms with van der Waals surface area (Å²) in [6.07, 6.45) is 8.92. The number of fused-ring (bicyclic) bond motifs is 6. The van der Waals surface area contributed by atoms with Crippen LogP contribution in [0, 0.1) is 28.6 Å². The van der Waals surface area contributed by atoms with E-state index in [0.29, 0.717) is 48.8 Å². The van der Waals surface area contributed by atoms with Crippen molar-refractivity contribution in [3.63, 3.8) is 0 Å². The largest absolute Gasteiger partial charge is 0.480 e. The number of amides is 1. The Morgan fingerprint density at radius 1 is 1.06 bits per heavy atom. The maximum absolute atomic E-state index is 13.1. The summed E-state index contributed by atoms with van der Waals surface area (Å²) in [6, 6.07) is 5.22. The molecule has 1 aliphatic heterocycles. The van der Waals surface area contributed by atoms with Gasteiger partial charge in [-0.1, -0.05) is 19.4 Å². The van der Waals surface area contributed by atoms with E-state index in [9.17, 15) is 29.1 Å². The Morgan fingerprint density at radius 3 is 2.62 bits per heavy atom. The van der Waals surface area contributed by atoms with Crippen LogP contribution in [-0.4, -0.2) is 70.0 Å². The number of carboxylic acids is 1. The molecular weight excluding hydrogens is 666 g/mol. The fraction of sp³-hybridized carbons (Fsp3) is 0.579. The van der Waals surface area contributed by atoms with Gasteiger partial charge in [0.1, 0.15) is 17.8 Å². The number of aromatic nitrogens is 2. The van der Waals surface area contributed by atoms with Crippen LogP contribution < -0.4 is 32.6 Å². The molecule has 2 unspecified atom stereocenters. The highest BCUT2D eigenvalue weighted by Gasteiger charge is 2.60. The van der Waals surface area contributed by atoms with Crippen molar-refractivity contribution in [1.29, 1.82) is 0 Å². The lowest BCUT2D eigenvalue weighted by Gasteiger charge is -2.57. The van der Waals surface area contributed by atoms with Gasteiger partial charge in [0.25, 0.3) is 11.5 Å². The molecule has 3 fully saturated rings. The predicted octanol–water partition coefficient (Wildman–Crippen LogP) is 4.08. The van der Waals surface area contributed by atoms with E-state index in [4.69, 9.17) is 10.5 Å². The zero-order valence-corrected chi connectivity index (χ0v) is 29.8. The van der Waals surface area contributed by atoms with E-state index >= 15 is 0 Å². The summed E-state index contributed by atoms with van der Waals surface area (Å²) in [6.45, 7) is 5.59. The minimum atomic E-state index is -1.26. The Kier molecular flexibility index (Phi) is 9.51. The highest BCUT2D eigenvalue weighted by molar-refractivity contribution is 5.97. The van der Waals surface area contributed by atoms with Crippen LogP contribution in [0.1, 0.15) is 88.4 Å². The Bertz CT molecular complexity index is 1840. The number of ether oxygens (including phenoxy) is 1. The molecule has 0 radical (unpaired) electrons. The zero-order valence-electron chi connectivity index (χ0n) is 29.8. The first-order valence-electron chi connectivity index (χ1n) is 18.5. The second-order valence-corrected chi connectivity index (χ2v) is 15.8. The number of nitrogens with one attached hydrogen (secondary N) is 5. The molecule has 2 heterocycles. The molecule has 0 spiro atoms. The molecule has 8 atom stereocenters. The molecule has 4 aliphatic carbocycles. The normalized spacial score (nSPS) is 30.8. The molecular formula is C38H49N7O7. The number of carbonyl (C=O) groups is 4. The van der Waals surface area contributed by atoms with Crippen LogP contribution in [0.3, 0.4) is 0 Å². The van der Waals surface area contributed by atoms with Gasteiger partial charge in [-0.25, -0.2) is 4.79 Å². The third kappa shape index (κ3) is 6.74. The average Bonchev–Trinajstić information content (AvgIpc) is 3.45. The van der Waals surface area contributed by atoms with Crippen molar-refractivity contribution in [2.45, 2.75) is 96.2 Å². The monoisotopic (exact) mass is 715 g/mol. The van der Waals surface area contributed by atoms with Crippen molar-refractivity contribution < 1.29 is 29.0 Å². The van der Waals surface area contributed by atoms with Crippen LogP contribution in [-0.2, 0) is 19.1 Å². The number of benzene rings is 1. The predicted molar refractivity (Wildman–Crippen MR) is 195 cm³/mol. The first-order chi connectivity index (χ1) is 24.8. The topological polar surface area (TPSA) is 218 Å². The molecule has 5 aliphatic rings. The second kappa shape index (κ2) is 13.9. The summed E-state index contributed by atoms with van der Waals surface area (Å²) in [7, 11) is 0. The third-order valence-corrected chi connectivity index (χ3v) is 12.9.